The van der Waals surface area contributed by atoms with E-state index in [1.54, 1.807) is 24.3 Å². The van der Waals surface area contributed by atoms with Crippen molar-refractivity contribution in [2.24, 2.45) is 0 Å². The molecule has 38 heavy (non-hydrogen) atoms. The maximum Gasteiger partial charge on any atom is 0.421 e. The molecule has 1 heterocycles. The third kappa shape index (κ3) is 7.46. The van der Waals surface area contributed by atoms with Gasteiger partial charge in [0, 0.05) is 30.0 Å². The summed E-state index contributed by atoms with van der Waals surface area (Å²) in [5, 5.41) is 7.88. The molecule has 9 nitrogen and oxygen atoms in total. The molecular formula is C24H26BrF3N5O4P. The number of hydrogen-bond donors (Lipinski definition) is 4. The number of hydrogen-bond acceptors (Lipinski definition) is 7. The first-order valence-corrected chi connectivity index (χ1v) is 14.2. The lowest BCUT2D eigenvalue weighted by atomic mass is 10.1. The molecule has 1 amide bonds. The highest BCUT2D eigenvalue weighted by Gasteiger charge is 2.35. The van der Waals surface area contributed by atoms with Crippen LogP contribution in [0.3, 0.4) is 0 Å². The average Bonchev–Trinajstić information content (AvgIpc) is 2.84. The van der Waals surface area contributed by atoms with Gasteiger partial charge in [-0.05, 0) is 42.3 Å². The number of anilines is 4. The van der Waals surface area contributed by atoms with Gasteiger partial charge in [0.2, 0.25) is 13.3 Å². The summed E-state index contributed by atoms with van der Waals surface area (Å²) in [5.41, 5.74) is -0.0280. The van der Waals surface area contributed by atoms with E-state index in [0.717, 1.165) is 0 Å². The van der Waals surface area contributed by atoms with Crippen LogP contribution in [-0.4, -0.2) is 41.1 Å². The van der Waals surface area contributed by atoms with Crippen LogP contribution in [0.4, 0.5) is 36.3 Å². The molecule has 4 N–H and O–H groups in total. The summed E-state index contributed by atoms with van der Waals surface area (Å²) < 4.78 is 59.5. The molecule has 3 rings (SSSR count). The number of nitrogens with one attached hydrogen (secondary N) is 3. The fraction of sp³-hybridized carbons (Fsp3) is 0.292. The number of carbonyl (C=O) groups is 1. The van der Waals surface area contributed by atoms with Crippen LogP contribution in [0.5, 0.6) is 5.75 Å². The Morgan fingerprint density at radius 1 is 1.16 bits per heavy atom. The highest BCUT2D eigenvalue weighted by molar-refractivity contribution is 9.10. The molecular weight excluding hydrogens is 590 g/mol. The second-order valence-corrected chi connectivity index (χ2v) is 11.6. The minimum atomic E-state index is -4.78. The molecule has 2 aromatic carbocycles. The van der Waals surface area contributed by atoms with Gasteiger partial charge in [-0.25, -0.2) is 4.98 Å². The first kappa shape index (κ1) is 29.4. The van der Waals surface area contributed by atoms with E-state index in [-0.39, 0.29) is 35.3 Å². The van der Waals surface area contributed by atoms with Crippen LogP contribution >= 0.6 is 23.3 Å². The summed E-state index contributed by atoms with van der Waals surface area (Å²) >= 11 is 3.25. The number of alkyl halides is 3. The molecule has 0 aliphatic heterocycles. The monoisotopic (exact) mass is 615 g/mol. The lowest BCUT2D eigenvalue weighted by molar-refractivity contribution is -0.137. The van der Waals surface area contributed by atoms with E-state index < -0.39 is 30.8 Å². The first-order valence-electron chi connectivity index (χ1n) is 11.3. The highest BCUT2D eigenvalue weighted by atomic mass is 79.9. The molecule has 3 aromatic rings. The lowest BCUT2D eigenvalue weighted by Crippen LogP contribution is -2.20. The predicted octanol–water partition coefficient (Wildman–Crippen LogP) is 6.29. The summed E-state index contributed by atoms with van der Waals surface area (Å²) in [6.07, 6.45) is -3.44. The zero-order valence-electron chi connectivity index (χ0n) is 20.7. The van der Waals surface area contributed by atoms with Gasteiger partial charge < -0.3 is 25.6 Å². The van der Waals surface area contributed by atoms with Crippen LogP contribution in [0.1, 0.15) is 34.8 Å². The average molecular weight is 616 g/mol. The first-order chi connectivity index (χ1) is 17.9. The van der Waals surface area contributed by atoms with Crippen LogP contribution in [0.25, 0.3) is 0 Å². The van der Waals surface area contributed by atoms with Crippen LogP contribution in [-0.2, 0) is 16.9 Å². The third-order valence-electron chi connectivity index (χ3n) is 5.32. The van der Waals surface area contributed by atoms with E-state index in [9.17, 15) is 27.4 Å². The summed E-state index contributed by atoms with van der Waals surface area (Å²) in [6.45, 7) is 1.82. The fourth-order valence-corrected chi connectivity index (χ4v) is 5.58. The van der Waals surface area contributed by atoms with Crippen molar-refractivity contribution < 1.29 is 32.2 Å². The van der Waals surface area contributed by atoms with Gasteiger partial charge in [0.25, 0.3) is 5.91 Å². The normalized spacial score (nSPS) is 12.9. The van der Waals surface area contributed by atoms with Crippen molar-refractivity contribution in [3.05, 3.63) is 63.8 Å². The predicted molar refractivity (Wildman–Crippen MR) is 143 cm³/mol. The molecule has 14 heteroatoms. The van der Waals surface area contributed by atoms with Gasteiger partial charge in [-0.1, -0.05) is 28.9 Å². The van der Waals surface area contributed by atoms with Crippen molar-refractivity contribution in [2.75, 3.05) is 31.0 Å². The van der Waals surface area contributed by atoms with E-state index in [4.69, 9.17) is 4.74 Å². The van der Waals surface area contributed by atoms with Gasteiger partial charge >= 0.3 is 6.18 Å². The van der Waals surface area contributed by atoms with Crippen molar-refractivity contribution in [1.82, 2.24) is 15.3 Å². The molecule has 1 unspecified atom stereocenters. The molecule has 0 saturated carbocycles. The van der Waals surface area contributed by atoms with Crippen LogP contribution < -0.4 is 20.7 Å². The maximum absolute atomic E-state index is 13.8. The number of rotatable bonds is 10. The second-order valence-electron chi connectivity index (χ2n) is 8.24. The van der Waals surface area contributed by atoms with Crippen molar-refractivity contribution >= 4 is 52.3 Å². The number of amides is 1. The summed E-state index contributed by atoms with van der Waals surface area (Å²) in [7, 11) is -0.554. The largest absolute Gasteiger partial charge is 0.495 e. The third-order valence-corrected chi connectivity index (χ3v) is 7.81. The van der Waals surface area contributed by atoms with Crippen LogP contribution in [0, 0.1) is 0 Å². The fourth-order valence-electron chi connectivity index (χ4n) is 3.59. The summed E-state index contributed by atoms with van der Waals surface area (Å²) in [6, 6.07) is 9.23. The molecule has 0 radical (unpaired) electrons. The quantitative estimate of drug-likeness (QED) is 0.196. The van der Waals surface area contributed by atoms with Gasteiger partial charge in [0.1, 0.15) is 17.1 Å². The number of carbonyl (C=O) groups excluding carboxylic acids is 1. The molecule has 1 atom stereocenters. The molecule has 0 saturated heterocycles. The van der Waals surface area contributed by atoms with E-state index in [2.05, 4.69) is 41.8 Å². The SMILES string of the molecule is CCCP(=O)(O)Cc1ccc(Nc2ncc(C(F)(F)F)c(Nc3ccc(Br)cc3C(=O)NC)n2)c(OC)c1. The Balaban J connectivity index is 1.97. The van der Waals surface area contributed by atoms with Crippen LogP contribution in [0.15, 0.2) is 47.1 Å². The zero-order valence-corrected chi connectivity index (χ0v) is 23.2. The topological polar surface area (TPSA) is 125 Å². The Morgan fingerprint density at radius 3 is 2.50 bits per heavy atom. The van der Waals surface area contributed by atoms with Crippen molar-refractivity contribution in [3.8, 4) is 5.75 Å². The van der Waals surface area contributed by atoms with Gasteiger partial charge in [0.15, 0.2) is 0 Å². The van der Waals surface area contributed by atoms with E-state index in [1.807, 2.05) is 6.92 Å². The van der Waals surface area contributed by atoms with Crippen molar-refractivity contribution in [1.29, 1.82) is 0 Å². The number of halogens is 4. The maximum atomic E-state index is 13.8. The van der Waals surface area contributed by atoms with Gasteiger partial charge in [-0.3, -0.25) is 9.36 Å². The molecule has 0 fully saturated rings. The standard InChI is InChI=1S/C24H26BrF3N5O4P/c1-4-9-38(35,36)13-14-5-7-19(20(10-14)37-3)32-23-30-12-17(24(26,27)28)21(33-23)31-18-8-6-15(25)11-16(18)22(34)29-2/h5-8,10-12H,4,9,13H2,1-3H3,(H,29,34)(H,35,36)(H2,30,31,32,33). The Morgan fingerprint density at radius 2 is 1.87 bits per heavy atom. The van der Waals surface area contributed by atoms with Crippen molar-refractivity contribution in [3.63, 3.8) is 0 Å². The van der Waals surface area contributed by atoms with Gasteiger partial charge in [0.05, 0.1) is 24.0 Å². The lowest BCUT2D eigenvalue weighted by Gasteiger charge is -2.17. The van der Waals surface area contributed by atoms with E-state index >= 15 is 0 Å². The number of methoxy groups -OCH3 is 1. The van der Waals surface area contributed by atoms with Gasteiger partial charge in [-0.2, -0.15) is 18.2 Å². The minimum Gasteiger partial charge on any atom is -0.495 e. The van der Waals surface area contributed by atoms with Crippen LogP contribution in [0.2, 0.25) is 0 Å². The Bertz CT molecular complexity index is 1370. The summed E-state index contributed by atoms with van der Waals surface area (Å²) in [5.74, 6) is -0.972. The second kappa shape index (κ2) is 12.1. The number of benzene rings is 2. The number of aromatic nitrogens is 2. The molecule has 0 aliphatic rings. The van der Waals surface area contributed by atoms with Crippen molar-refractivity contribution in [2.45, 2.75) is 25.7 Å². The molecule has 0 bridgehead atoms. The Hall–Kier alpha value is -3.15. The molecule has 0 aliphatic carbocycles. The molecule has 204 valence electrons. The number of nitrogens with zero attached hydrogens (tertiary/aromatic N) is 2. The smallest absolute Gasteiger partial charge is 0.421 e. The van der Waals surface area contributed by atoms with E-state index in [0.29, 0.717) is 28.3 Å². The number of ether oxygens (including phenoxy) is 1. The molecule has 1 aromatic heterocycles. The summed E-state index contributed by atoms with van der Waals surface area (Å²) in [4.78, 5) is 30.2. The molecule has 0 spiro atoms. The zero-order chi connectivity index (χ0) is 28.1. The Labute approximate surface area is 225 Å². The van der Waals surface area contributed by atoms with E-state index in [1.165, 1.54) is 26.3 Å². The Kier molecular flexibility index (Phi) is 9.40. The minimum absolute atomic E-state index is 0.0385. The van der Waals surface area contributed by atoms with Gasteiger partial charge in [-0.15, -0.1) is 0 Å². The highest BCUT2D eigenvalue weighted by Crippen LogP contribution is 2.46.